The molecular weight excluding hydrogens is 208 g/mol. The maximum Gasteiger partial charge on any atom is 0.237 e. The van der Waals surface area contributed by atoms with E-state index in [0.717, 1.165) is 25.8 Å². The molecule has 92 valence electrons. The minimum atomic E-state index is -0.0912. The van der Waals surface area contributed by atoms with Gasteiger partial charge < -0.3 is 20.1 Å². The molecule has 2 fully saturated rings. The highest BCUT2D eigenvalue weighted by atomic mass is 16.5. The SMILES string of the molecule is COC1CC(NC(=O)C2CC(OC)CN2)C1. The lowest BCUT2D eigenvalue weighted by molar-refractivity contribution is -0.125. The van der Waals surface area contributed by atoms with E-state index in [-0.39, 0.29) is 18.1 Å². The van der Waals surface area contributed by atoms with E-state index in [1.54, 1.807) is 14.2 Å². The molecule has 2 N–H and O–H groups in total. The Labute approximate surface area is 95.9 Å². The Balaban J connectivity index is 1.69. The van der Waals surface area contributed by atoms with E-state index >= 15 is 0 Å². The van der Waals surface area contributed by atoms with E-state index in [0.29, 0.717) is 12.1 Å². The third kappa shape index (κ3) is 2.53. The van der Waals surface area contributed by atoms with Crippen molar-refractivity contribution >= 4 is 5.91 Å². The molecule has 1 aliphatic heterocycles. The second-order valence-corrected chi connectivity index (χ2v) is 4.59. The minimum absolute atomic E-state index is 0.0912. The molecular formula is C11H20N2O3. The summed E-state index contributed by atoms with van der Waals surface area (Å²) in [7, 11) is 3.40. The maximum atomic E-state index is 11.8. The Morgan fingerprint density at radius 1 is 1.19 bits per heavy atom. The Kier molecular flexibility index (Phi) is 3.78. The number of rotatable bonds is 4. The summed E-state index contributed by atoms with van der Waals surface area (Å²) in [4.78, 5) is 11.8. The van der Waals surface area contributed by atoms with E-state index in [2.05, 4.69) is 10.6 Å². The highest BCUT2D eigenvalue weighted by molar-refractivity contribution is 5.82. The zero-order valence-corrected chi connectivity index (χ0v) is 9.86. The molecule has 0 radical (unpaired) electrons. The van der Waals surface area contributed by atoms with Gasteiger partial charge in [0.15, 0.2) is 0 Å². The monoisotopic (exact) mass is 228 g/mol. The molecule has 5 heteroatoms. The Morgan fingerprint density at radius 2 is 1.88 bits per heavy atom. The van der Waals surface area contributed by atoms with Gasteiger partial charge in [0.05, 0.1) is 18.2 Å². The van der Waals surface area contributed by atoms with Crippen LogP contribution in [0.1, 0.15) is 19.3 Å². The number of carbonyl (C=O) groups is 1. The van der Waals surface area contributed by atoms with Crippen molar-refractivity contribution in [1.82, 2.24) is 10.6 Å². The summed E-state index contributed by atoms with van der Waals surface area (Å²) in [5.41, 5.74) is 0. The molecule has 2 rings (SSSR count). The van der Waals surface area contributed by atoms with Crippen LogP contribution in [0.4, 0.5) is 0 Å². The summed E-state index contributed by atoms with van der Waals surface area (Å²) in [5.74, 6) is 0.0964. The lowest BCUT2D eigenvalue weighted by atomic mass is 9.89. The third-order valence-corrected chi connectivity index (χ3v) is 3.51. The summed E-state index contributed by atoms with van der Waals surface area (Å²) in [5, 5.41) is 6.20. The van der Waals surface area contributed by atoms with Crippen molar-refractivity contribution in [3.63, 3.8) is 0 Å². The summed E-state index contributed by atoms with van der Waals surface area (Å²) in [6.45, 7) is 0.764. The summed E-state index contributed by atoms with van der Waals surface area (Å²) in [6, 6.07) is 0.201. The Hall–Kier alpha value is -0.650. The number of methoxy groups -OCH3 is 2. The lowest BCUT2D eigenvalue weighted by Crippen LogP contribution is -2.52. The molecule has 0 bridgehead atoms. The van der Waals surface area contributed by atoms with Crippen molar-refractivity contribution in [3.05, 3.63) is 0 Å². The highest BCUT2D eigenvalue weighted by Crippen LogP contribution is 2.22. The molecule has 16 heavy (non-hydrogen) atoms. The van der Waals surface area contributed by atoms with Gasteiger partial charge in [-0.2, -0.15) is 0 Å². The van der Waals surface area contributed by atoms with E-state index in [1.165, 1.54) is 0 Å². The van der Waals surface area contributed by atoms with Crippen molar-refractivity contribution in [2.45, 2.75) is 43.6 Å². The van der Waals surface area contributed by atoms with Gasteiger partial charge in [0.1, 0.15) is 0 Å². The van der Waals surface area contributed by atoms with Crippen molar-refractivity contribution in [3.8, 4) is 0 Å². The smallest absolute Gasteiger partial charge is 0.237 e. The minimum Gasteiger partial charge on any atom is -0.381 e. The standard InChI is InChI=1S/C11H20N2O3/c1-15-8-3-7(4-8)13-11(14)10-5-9(16-2)6-12-10/h7-10,12H,3-6H2,1-2H3,(H,13,14). The third-order valence-electron chi connectivity index (χ3n) is 3.51. The van der Waals surface area contributed by atoms with Crippen LogP contribution in [0.15, 0.2) is 0 Å². The summed E-state index contributed by atoms with van der Waals surface area (Å²) < 4.78 is 10.4. The largest absolute Gasteiger partial charge is 0.381 e. The average molecular weight is 228 g/mol. The van der Waals surface area contributed by atoms with Gasteiger partial charge in [-0.05, 0) is 19.3 Å². The molecule has 2 aliphatic rings. The van der Waals surface area contributed by atoms with Gasteiger partial charge in [-0.15, -0.1) is 0 Å². The number of hydrogen-bond donors (Lipinski definition) is 2. The van der Waals surface area contributed by atoms with Crippen LogP contribution in [-0.4, -0.2) is 51.0 Å². The molecule has 1 saturated carbocycles. The van der Waals surface area contributed by atoms with Crippen LogP contribution in [0.25, 0.3) is 0 Å². The zero-order valence-electron chi connectivity index (χ0n) is 9.86. The second kappa shape index (κ2) is 5.12. The number of ether oxygens (including phenoxy) is 2. The summed E-state index contributed by atoms with van der Waals surface area (Å²) in [6.07, 6.45) is 3.13. The fourth-order valence-electron chi connectivity index (χ4n) is 2.26. The van der Waals surface area contributed by atoms with Gasteiger partial charge in [0, 0.05) is 26.8 Å². The van der Waals surface area contributed by atoms with Crippen LogP contribution < -0.4 is 10.6 Å². The van der Waals surface area contributed by atoms with Crippen LogP contribution in [0.2, 0.25) is 0 Å². The first-order valence-electron chi connectivity index (χ1n) is 5.82. The first-order valence-corrected chi connectivity index (χ1v) is 5.82. The number of carbonyl (C=O) groups excluding carboxylic acids is 1. The topological polar surface area (TPSA) is 59.6 Å². The van der Waals surface area contributed by atoms with Crippen molar-refractivity contribution in [1.29, 1.82) is 0 Å². The van der Waals surface area contributed by atoms with E-state index in [9.17, 15) is 4.79 Å². The molecule has 5 nitrogen and oxygen atoms in total. The maximum absolute atomic E-state index is 11.8. The molecule has 0 aromatic carbocycles. The predicted molar refractivity (Wildman–Crippen MR) is 59.2 cm³/mol. The van der Waals surface area contributed by atoms with Crippen LogP contribution in [0.3, 0.4) is 0 Å². The predicted octanol–water partition coefficient (Wildman–Crippen LogP) is -0.343. The molecule has 0 spiro atoms. The molecule has 0 aromatic rings. The average Bonchev–Trinajstić information content (AvgIpc) is 2.70. The van der Waals surface area contributed by atoms with Crippen molar-refractivity contribution in [2.24, 2.45) is 0 Å². The van der Waals surface area contributed by atoms with Gasteiger partial charge in [-0.3, -0.25) is 4.79 Å². The van der Waals surface area contributed by atoms with Crippen molar-refractivity contribution < 1.29 is 14.3 Å². The number of amides is 1. The number of nitrogens with one attached hydrogen (secondary N) is 2. The number of hydrogen-bond acceptors (Lipinski definition) is 4. The molecule has 1 aliphatic carbocycles. The van der Waals surface area contributed by atoms with Gasteiger partial charge in [-0.1, -0.05) is 0 Å². The molecule has 1 saturated heterocycles. The zero-order chi connectivity index (χ0) is 11.5. The van der Waals surface area contributed by atoms with Gasteiger partial charge in [0.25, 0.3) is 0 Å². The molecule has 0 aromatic heterocycles. The fourth-order valence-corrected chi connectivity index (χ4v) is 2.26. The van der Waals surface area contributed by atoms with Gasteiger partial charge >= 0.3 is 0 Å². The van der Waals surface area contributed by atoms with Gasteiger partial charge in [0.2, 0.25) is 5.91 Å². The lowest BCUT2D eigenvalue weighted by Gasteiger charge is -2.35. The van der Waals surface area contributed by atoms with Crippen LogP contribution in [0, 0.1) is 0 Å². The highest BCUT2D eigenvalue weighted by Gasteiger charge is 2.34. The Bertz CT molecular complexity index is 254. The molecule has 1 heterocycles. The normalized spacial score (nSPS) is 38.1. The van der Waals surface area contributed by atoms with E-state index in [1.807, 2.05) is 0 Å². The molecule has 1 amide bonds. The fraction of sp³-hybridized carbons (Fsp3) is 0.909. The van der Waals surface area contributed by atoms with Gasteiger partial charge in [-0.25, -0.2) is 0 Å². The van der Waals surface area contributed by atoms with Crippen molar-refractivity contribution in [2.75, 3.05) is 20.8 Å². The van der Waals surface area contributed by atoms with E-state index in [4.69, 9.17) is 9.47 Å². The molecule has 2 unspecified atom stereocenters. The van der Waals surface area contributed by atoms with Crippen LogP contribution in [-0.2, 0) is 14.3 Å². The quantitative estimate of drug-likeness (QED) is 0.691. The first kappa shape index (κ1) is 11.8. The first-order chi connectivity index (χ1) is 7.72. The Morgan fingerprint density at radius 3 is 2.44 bits per heavy atom. The van der Waals surface area contributed by atoms with Crippen LogP contribution >= 0.6 is 0 Å². The summed E-state index contributed by atoms with van der Waals surface area (Å²) >= 11 is 0. The van der Waals surface area contributed by atoms with E-state index < -0.39 is 0 Å². The molecule has 2 atom stereocenters. The van der Waals surface area contributed by atoms with Crippen LogP contribution in [0.5, 0.6) is 0 Å². The second-order valence-electron chi connectivity index (χ2n) is 4.59.